The number of aliphatic hydroxyl groups is 1. The Kier molecular flexibility index (Phi) is 4.07. The first-order chi connectivity index (χ1) is 15.9. The Labute approximate surface area is 188 Å². The smallest absolute Gasteiger partial charge is 0.328 e. The molecule has 2 aliphatic heterocycles. The molecule has 1 unspecified atom stereocenters. The molecular formula is C25H22N4O4. The number of fused-ring (bicyclic) bond motifs is 1. The van der Waals surface area contributed by atoms with Crippen LogP contribution in [-0.2, 0) is 14.1 Å². The second kappa shape index (κ2) is 6.79. The summed E-state index contributed by atoms with van der Waals surface area (Å²) in [6, 6.07) is 14.3. The summed E-state index contributed by atoms with van der Waals surface area (Å²) in [5, 5.41) is 11.5. The van der Waals surface area contributed by atoms with Crippen LogP contribution in [0.3, 0.4) is 0 Å². The van der Waals surface area contributed by atoms with E-state index in [-0.39, 0.29) is 11.8 Å². The molecule has 1 fully saturated rings. The van der Waals surface area contributed by atoms with Gasteiger partial charge in [-0.15, -0.1) is 0 Å². The lowest BCUT2D eigenvalue weighted by atomic mass is 9.92. The fourth-order valence-electron chi connectivity index (χ4n) is 5.19. The lowest BCUT2D eigenvalue weighted by molar-refractivity contribution is 0.0893. The molecule has 1 aromatic heterocycles. The van der Waals surface area contributed by atoms with E-state index in [0.717, 1.165) is 23.1 Å². The number of benzene rings is 3. The van der Waals surface area contributed by atoms with E-state index in [4.69, 9.17) is 0 Å². The number of aryl methyl sites for hydroxylation is 2. The Balaban J connectivity index is 1.52. The Morgan fingerprint density at radius 2 is 1.61 bits per heavy atom. The van der Waals surface area contributed by atoms with Crippen molar-refractivity contribution in [3.8, 4) is 0 Å². The fraction of sp³-hybridized carbons (Fsp3) is 0.240. The zero-order valence-corrected chi connectivity index (χ0v) is 18.3. The van der Waals surface area contributed by atoms with Crippen LogP contribution < -0.4 is 15.5 Å². The van der Waals surface area contributed by atoms with Gasteiger partial charge < -0.3 is 10.0 Å². The average Bonchev–Trinajstić information content (AvgIpc) is 3.34. The highest BCUT2D eigenvalue weighted by atomic mass is 16.3. The molecule has 1 atom stereocenters. The first-order valence-electron chi connectivity index (χ1n) is 10.9. The molecule has 1 saturated heterocycles. The molecule has 4 aromatic rings. The van der Waals surface area contributed by atoms with Crippen LogP contribution in [0.1, 0.15) is 27.1 Å². The molecule has 33 heavy (non-hydrogen) atoms. The molecule has 0 saturated carbocycles. The van der Waals surface area contributed by atoms with Crippen molar-refractivity contribution in [1.29, 1.82) is 0 Å². The van der Waals surface area contributed by atoms with Gasteiger partial charge in [-0.05, 0) is 42.8 Å². The van der Waals surface area contributed by atoms with Gasteiger partial charge in [0.1, 0.15) is 0 Å². The number of hydrogen-bond donors (Lipinski definition) is 1. The highest BCUT2D eigenvalue weighted by molar-refractivity contribution is 6.36. The van der Waals surface area contributed by atoms with Gasteiger partial charge in [-0.3, -0.25) is 18.7 Å². The van der Waals surface area contributed by atoms with Crippen LogP contribution in [0.4, 0.5) is 11.4 Å². The van der Waals surface area contributed by atoms with Crippen molar-refractivity contribution in [2.24, 2.45) is 14.1 Å². The molecule has 2 aliphatic rings. The van der Waals surface area contributed by atoms with Gasteiger partial charge in [-0.1, -0.05) is 12.1 Å². The quantitative estimate of drug-likeness (QED) is 0.482. The third-order valence-electron chi connectivity index (χ3n) is 6.90. The summed E-state index contributed by atoms with van der Waals surface area (Å²) in [6.07, 6.45) is 0.317. The summed E-state index contributed by atoms with van der Waals surface area (Å²) in [6.45, 7) is 1.26. The zero-order chi connectivity index (χ0) is 23.0. The summed E-state index contributed by atoms with van der Waals surface area (Å²) in [5.74, 6) is -0.783. The highest BCUT2D eigenvalue weighted by Crippen LogP contribution is 2.38. The van der Waals surface area contributed by atoms with Crippen LogP contribution in [0.15, 0.2) is 53.3 Å². The van der Waals surface area contributed by atoms with Crippen molar-refractivity contribution in [1.82, 2.24) is 9.13 Å². The van der Waals surface area contributed by atoms with E-state index in [1.54, 1.807) is 44.4 Å². The van der Waals surface area contributed by atoms with Crippen molar-refractivity contribution in [3.05, 3.63) is 70.1 Å². The van der Waals surface area contributed by atoms with Gasteiger partial charge >= 0.3 is 5.69 Å². The second-order valence-electron chi connectivity index (χ2n) is 8.77. The third kappa shape index (κ3) is 2.64. The number of nitrogens with zero attached hydrogens (tertiary/aromatic N) is 4. The SMILES string of the molecule is Cn1c(=O)n(C)c2cc(N3C(=O)c4cccc5c(N6CCC(O)C6)ccc(c45)C3=O)ccc21. The number of hydrogen-bond acceptors (Lipinski definition) is 5. The average molecular weight is 442 g/mol. The number of amides is 2. The summed E-state index contributed by atoms with van der Waals surface area (Å²) in [5.41, 5.74) is 3.47. The Bertz CT molecular complexity index is 1540. The number of carbonyl (C=O) groups excluding carboxylic acids is 2. The summed E-state index contributed by atoms with van der Waals surface area (Å²) < 4.78 is 3.04. The number of rotatable bonds is 2. The predicted molar refractivity (Wildman–Crippen MR) is 126 cm³/mol. The van der Waals surface area contributed by atoms with Crippen molar-refractivity contribution in [3.63, 3.8) is 0 Å². The molecule has 6 rings (SSSR count). The maximum Gasteiger partial charge on any atom is 0.328 e. The Hall–Kier alpha value is -3.91. The molecular weight excluding hydrogens is 420 g/mol. The van der Waals surface area contributed by atoms with Crippen LogP contribution in [0.5, 0.6) is 0 Å². The topological polar surface area (TPSA) is 87.8 Å². The van der Waals surface area contributed by atoms with E-state index in [1.807, 2.05) is 18.2 Å². The number of anilines is 2. The van der Waals surface area contributed by atoms with Crippen LogP contribution >= 0.6 is 0 Å². The van der Waals surface area contributed by atoms with E-state index in [0.29, 0.717) is 40.7 Å². The minimum atomic E-state index is -0.392. The van der Waals surface area contributed by atoms with E-state index < -0.39 is 11.8 Å². The van der Waals surface area contributed by atoms with E-state index in [9.17, 15) is 19.5 Å². The maximum atomic E-state index is 13.6. The van der Waals surface area contributed by atoms with Gasteiger partial charge in [0, 0.05) is 54.8 Å². The molecule has 166 valence electrons. The van der Waals surface area contributed by atoms with Gasteiger partial charge in [0.05, 0.1) is 22.8 Å². The number of aromatic nitrogens is 2. The molecule has 3 aromatic carbocycles. The predicted octanol–water partition coefficient (Wildman–Crippen LogP) is 2.40. The molecule has 3 heterocycles. The highest BCUT2D eigenvalue weighted by Gasteiger charge is 2.35. The first kappa shape index (κ1) is 19.8. The Morgan fingerprint density at radius 3 is 2.33 bits per heavy atom. The standard InChI is InChI=1S/C25H22N4O4/c1-26-20-8-6-14(12-21(20)27(2)25(26)33)29-23(31)17-5-3-4-16-19(28-11-10-15(30)13-28)9-7-18(22(16)17)24(29)32/h3-9,12,15,30H,10-11,13H2,1-2H3. The Morgan fingerprint density at radius 1 is 0.879 bits per heavy atom. The third-order valence-corrected chi connectivity index (χ3v) is 6.90. The molecule has 8 nitrogen and oxygen atoms in total. The first-order valence-corrected chi connectivity index (χ1v) is 10.9. The van der Waals surface area contributed by atoms with Gasteiger partial charge in [0.25, 0.3) is 11.8 Å². The normalized spacial score (nSPS) is 18.2. The van der Waals surface area contributed by atoms with Gasteiger partial charge in [0.2, 0.25) is 0 Å². The molecule has 8 heteroatoms. The molecule has 0 spiro atoms. The largest absolute Gasteiger partial charge is 0.391 e. The van der Waals surface area contributed by atoms with Crippen molar-refractivity contribution >= 4 is 45.0 Å². The van der Waals surface area contributed by atoms with Gasteiger partial charge in [0.15, 0.2) is 0 Å². The van der Waals surface area contributed by atoms with Crippen LogP contribution in [0, 0.1) is 0 Å². The molecule has 0 radical (unpaired) electrons. The minimum Gasteiger partial charge on any atom is -0.391 e. The van der Waals surface area contributed by atoms with E-state index in [2.05, 4.69) is 4.90 Å². The fourth-order valence-corrected chi connectivity index (χ4v) is 5.19. The monoisotopic (exact) mass is 442 g/mol. The molecule has 2 amide bonds. The van der Waals surface area contributed by atoms with Crippen LogP contribution in [-0.4, -0.2) is 45.2 Å². The summed E-state index contributed by atoms with van der Waals surface area (Å²) in [7, 11) is 3.36. The van der Waals surface area contributed by atoms with Gasteiger partial charge in [-0.2, -0.15) is 0 Å². The summed E-state index contributed by atoms with van der Waals surface area (Å²) in [4.78, 5) is 42.7. The van der Waals surface area contributed by atoms with E-state index >= 15 is 0 Å². The number of aliphatic hydroxyl groups excluding tert-OH is 1. The maximum absolute atomic E-state index is 13.6. The molecule has 0 bridgehead atoms. The van der Waals surface area contributed by atoms with Crippen LogP contribution in [0.2, 0.25) is 0 Å². The number of β-amino-alcohol motifs (C(OH)–C–C–N with tert-alkyl or cyclic N) is 1. The number of carbonyl (C=O) groups is 2. The van der Waals surface area contributed by atoms with Crippen molar-refractivity contribution in [2.75, 3.05) is 22.9 Å². The number of imidazole rings is 1. The second-order valence-corrected chi connectivity index (χ2v) is 8.77. The van der Waals surface area contributed by atoms with Crippen molar-refractivity contribution < 1.29 is 14.7 Å². The molecule has 0 aliphatic carbocycles. The van der Waals surface area contributed by atoms with E-state index in [1.165, 1.54) is 14.0 Å². The minimum absolute atomic E-state index is 0.173. The molecule has 1 N–H and O–H groups in total. The lowest BCUT2D eigenvalue weighted by Gasteiger charge is -2.29. The van der Waals surface area contributed by atoms with Crippen LogP contribution in [0.25, 0.3) is 21.8 Å². The van der Waals surface area contributed by atoms with Gasteiger partial charge in [-0.25, -0.2) is 9.69 Å². The summed E-state index contributed by atoms with van der Waals surface area (Å²) >= 11 is 0. The lowest BCUT2D eigenvalue weighted by Crippen LogP contribution is -2.40. The zero-order valence-electron chi connectivity index (χ0n) is 18.3. The van der Waals surface area contributed by atoms with Crippen molar-refractivity contribution in [2.45, 2.75) is 12.5 Å². The number of imide groups is 1.